The number of hydrogen-bond donors (Lipinski definition) is 10. The molecule has 8 fully saturated rings. The molecule has 466 valence electrons. The van der Waals surface area contributed by atoms with Crippen molar-refractivity contribution in [3.8, 4) is 0 Å². The Bertz CT molecular complexity index is 2110. The van der Waals surface area contributed by atoms with Gasteiger partial charge in [-0.25, -0.2) is 0 Å². The van der Waals surface area contributed by atoms with Crippen LogP contribution in [0, 0.1) is 34.5 Å². The first-order valence-electron chi connectivity index (χ1n) is 29.1. The predicted molar refractivity (Wildman–Crippen MR) is 276 cm³/mol. The molecule has 25 heteroatoms. The van der Waals surface area contributed by atoms with Crippen LogP contribution in [0.2, 0.25) is 0 Å². The van der Waals surface area contributed by atoms with E-state index in [0.717, 1.165) is 38.5 Å². The van der Waals surface area contributed by atoms with Crippen LogP contribution >= 0.6 is 0 Å². The van der Waals surface area contributed by atoms with Gasteiger partial charge in [-0.15, -0.1) is 0 Å². The average molecular weight is 1170 g/mol. The lowest BCUT2D eigenvalue weighted by Crippen LogP contribution is -2.65. The summed E-state index contributed by atoms with van der Waals surface area (Å²) in [4.78, 5) is 12.1. The Labute approximate surface area is 473 Å². The van der Waals surface area contributed by atoms with E-state index in [4.69, 9.17) is 66.3 Å². The Kier molecular flexibility index (Phi) is 20.4. The van der Waals surface area contributed by atoms with Crippen molar-refractivity contribution in [2.75, 3.05) is 34.5 Å². The zero-order valence-electron chi connectivity index (χ0n) is 48.1. The van der Waals surface area contributed by atoms with Crippen molar-refractivity contribution in [1.82, 2.24) is 0 Å². The van der Waals surface area contributed by atoms with Crippen molar-refractivity contribution in [2.45, 2.75) is 266 Å². The van der Waals surface area contributed by atoms with Gasteiger partial charge in [0.1, 0.15) is 85.5 Å². The van der Waals surface area contributed by atoms with Crippen molar-refractivity contribution in [3.05, 3.63) is 11.6 Å². The maximum absolute atomic E-state index is 12.2. The maximum atomic E-state index is 12.2. The second kappa shape index (κ2) is 25.9. The molecule has 0 radical (unpaired) electrons. The van der Waals surface area contributed by atoms with E-state index in [2.05, 4.69) is 19.9 Å². The third-order valence-corrected chi connectivity index (χ3v) is 20.2. The molecule has 4 aliphatic carbocycles. The number of carbonyl (C=O) groups excluding carboxylic acids is 1. The maximum Gasteiger partial charge on any atom is 0.303 e. The summed E-state index contributed by atoms with van der Waals surface area (Å²) in [5.41, 5.74) is 0.949. The van der Waals surface area contributed by atoms with Crippen molar-refractivity contribution < 1.29 is 122 Å². The Morgan fingerprint density at radius 2 is 1.26 bits per heavy atom. The minimum absolute atomic E-state index is 0.0830. The first-order valence-corrected chi connectivity index (χ1v) is 29.1. The van der Waals surface area contributed by atoms with Crippen LogP contribution < -0.4 is 0 Å². The first kappa shape index (κ1) is 63.8. The summed E-state index contributed by atoms with van der Waals surface area (Å²) >= 11 is 0. The fourth-order valence-corrected chi connectivity index (χ4v) is 15.7. The zero-order chi connectivity index (χ0) is 58.7. The van der Waals surface area contributed by atoms with E-state index in [9.17, 15) is 55.9 Å². The molecular formula is C56H92O25. The van der Waals surface area contributed by atoms with E-state index in [1.165, 1.54) is 26.7 Å². The summed E-state index contributed by atoms with van der Waals surface area (Å²) < 4.78 is 85.0. The van der Waals surface area contributed by atoms with Gasteiger partial charge in [0.25, 0.3) is 0 Å². The molecule has 9 aliphatic rings. The number of carbonyl (C=O) groups is 1. The number of aliphatic hydroxyl groups excluding tert-OH is 10. The molecule has 10 N–H and O–H groups in total. The lowest BCUT2D eigenvalue weighted by Gasteiger charge is -2.58. The highest BCUT2D eigenvalue weighted by Crippen LogP contribution is 2.67. The van der Waals surface area contributed by atoms with Crippen molar-refractivity contribution in [2.24, 2.45) is 34.5 Å². The quantitative estimate of drug-likeness (QED) is 0.0620. The highest BCUT2D eigenvalue weighted by molar-refractivity contribution is 5.66. The number of rotatable bonds is 17. The standard InChI is InChI=1S/C56H92O25/c1-22(73-53-50(48(70-10)39(61)23(2)74-53)81-52-45(67)43(65)41(63)35(79-52)21-71-51-44(66)42(64)40(62)34(20-57)78-51)37-32(59)18-31-29-12-11-27-17-28(13-15-55(27,6)30(29)14-16-56(31,37)7)77-36-19-33(68-8)46(25(4)72-36)80-54-49(76-26(5)58)47(69-9)38(60)24(3)75-54/h11,22-25,28-54,57,59-67H,12-21H2,1-10H3/t22-,23-,24-,25-,28+,29-,30-,31+,32+,33-,34+,35-,36-,37-,38-,39+,40+,41+,42-,43-,44-,45+,46-,47-,48+,49-,50-,51+,52+,53-,54+,55-,56+/m1/s1. The summed E-state index contributed by atoms with van der Waals surface area (Å²) in [6.45, 7) is 11.7. The molecular weight excluding hydrogens is 1070 g/mol. The fourth-order valence-electron chi connectivity index (χ4n) is 15.7. The lowest BCUT2D eigenvalue weighted by molar-refractivity contribution is -0.376. The molecule has 9 rings (SSSR count). The molecule has 25 nitrogen and oxygen atoms in total. The Balaban J connectivity index is 0.831. The van der Waals surface area contributed by atoms with Gasteiger partial charge in [-0.1, -0.05) is 25.5 Å². The van der Waals surface area contributed by atoms with Crippen LogP contribution in [0.3, 0.4) is 0 Å². The number of hydrogen-bond acceptors (Lipinski definition) is 25. The minimum atomic E-state index is -1.85. The molecule has 3 saturated carbocycles. The normalized spacial score (nSPS) is 52.5. The molecule has 0 bridgehead atoms. The average Bonchev–Trinajstić information content (AvgIpc) is 3.83. The van der Waals surface area contributed by atoms with E-state index in [1.54, 1.807) is 21.0 Å². The van der Waals surface area contributed by atoms with Crippen LogP contribution in [0.5, 0.6) is 0 Å². The summed E-state index contributed by atoms with van der Waals surface area (Å²) in [5, 5.41) is 108. The number of fused-ring (bicyclic) bond motifs is 5. The van der Waals surface area contributed by atoms with Gasteiger partial charge in [-0.3, -0.25) is 4.79 Å². The van der Waals surface area contributed by atoms with Gasteiger partial charge < -0.3 is 117 Å². The van der Waals surface area contributed by atoms with Crippen LogP contribution in [0.1, 0.15) is 99.8 Å². The molecule has 5 saturated heterocycles. The highest BCUT2D eigenvalue weighted by Gasteiger charge is 2.63. The zero-order valence-corrected chi connectivity index (χ0v) is 48.1. The van der Waals surface area contributed by atoms with Crippen LogP contribution in [-0.4, -0.2) is 257 Å². The van der Waals surface area contributed by atoms with Crippen LogP contribution in [-0.2, 0) is 71.1 Å². The van der Waals surface area contributed by atoms with Gasteiger partial charge in [0.2, 0.25) is 0 Å². The Morgan fingerprint density at radius 1 is 0.642 bits per heavy atom. The van der Waals surface area contributed by atoms with E-state index >= 15 is 0 Å². The number of aliphatic hydroxyl groups is 10. The van der Waals surface area contributed by atoms with Crippen LogP contribution in [0.15, 0.2) is 11.6 Å². The smallest absolute Gasteiger partial charge is 0.303 e. The third-order valence-electron chi connectivity index (χ3n) is 20.2. The van der Waals surface area contributed by atoms with E-state index < -0.39 is 179 Å². The molecule has 5 aliphatic heterocycles. The lowest BCUT2D eigenvalue weighted by atomic mass is 9.47. The van der Waals surface area contributed by atoms with Gasteiger partial charge in [-0.2, -0.15) is 0 Å². The number of esters is 1. The monoisotopic (exact) mass is 1160 g/mol. The third kappa shape index (κ3) is 12.3. The number of allylic oxidation sites excluding steroid dienone is 1. The SMILES string of the molecule is CO[C@@H]1[C@H](O)[C@@H](C)O[C@@H](O[C@@H]2[C@@H](C)O[C@H](O[C@H]3CC[C@]4(C)C(=CC[C@@H]5[C@H]4CC[C@]4(C)[C@H]([C@@H](C)O[C@@H]6O[C@H](C)[C@H](O)[C@H](OC)[C@H]6O[C@@H]6O[C@H](CO[C@H]7O[C@@H](CO)[C@H](O)[C@@H](O)[C@H]7O)[C@H](O)[C@@H](O)[C@@H]6O)[C@@H](O)C[C@@H]54)C3)C[C@H]2OC)[C@@H]1OC(C)=O. The Morgan fingerprint density at radius 3 is 1.90 bits per heavy atom. The van der Waals surface area contributed by atoms with Crippen molar-refractivity contribution in [3.63, 3.8) is 0 Å². The second-order valence-corrected chi connectivity index (χ2v) is 24.9. The second-order valence-electron chi connectivity index (χ2n) is 24.9. The molecule has 0 aromatic rings. The predicted octanol–water partition coefficient (Wildman–Crippen LogP) is -0.956. The van der Waals surface area contributed by atoms with Gasteiger partial charge in [0.15, 0.2) is 37.6 Å². The molecule has 81 heavy (non-hydrogen) atoms. The summed E-state index contributed by atoms with van der Waals surface area (Å²) in [6, 6.07) is 0. The molecule has 0 aromatic carbocycles. The van der Waals surface area contributed by atoms with E-state index in [-0.39, 0.29) is 28.8 Å². The topological polar surface area (TPSA) is 349 Å². The summed E-state index contributed by atoms with van der Waals surface area (Å²) in [7, 11) is 4.40. The first-order chi connectivity index (χ1) is 38.4. The fraction of sp³-hybridized carbons (Fsp3) is 0.946. The van der Waals surface area contributed by atoms with E-state index in [1.807, 2.05) is 13.8 Å². The van der Waals surface area contributed by atoms with Gasteiger partial charge in [0.05, 0.1) is 55.9 Å². The van der Waals surface area contributed by atoms with Gasteiger partial charge in [0, 0.05) is 40.6 Å². The molecule has 0 unspecified atom stereocenters. The van der Waals surface area contributed by atoms with Crippen molar-refractivity contribution in [1.29, 1.82) is 0 Å². The van der Waals surface area contributed by atoms with Crippen LogP contribution in [0.4, 0.5) is 0 Å². The van der Waals surface area contributed by atoms with E-state index in [0.29, 0.717) is 24.7 Å². The molecule has 0 aromatic heterocycles. The summed E-state index contributed by atoms with van der Waals surface area (Å²) in [6.07, 6.45) is -22.1. The molecule has 5 heterocycles. The summed E-state index contributed by atoms with van der Waals surface area (Å²) in [5.74, 6) is -0.0959. The number of methoxy groups -OCH3 is 3. The van der Waals surface area contributed by atoms with Gasteiger partial charge >= 0.3 is 5.97 Å². The molecule has 0 amide bonds. The number of ether oxygens (including phenoxy) is 14. The Hall–Kier alpha value is -1.71. The van der Waals surface area contributed by atoms with Crippen molar-refractivity contribution >= 4 is 5.97 Å². The highest BCUT2D eigenvalue weighted by atomic mass is 16.8. The minimum Gasteiger partial charge on any atom is -0.454 e. The molecule has 33 atom stereocenters. The van der Waals surface area contributed by atoms with Gasteiger partial charge in [-0.05, 0) is 101 Å². The largest absolute Gasteiger partial charge is 0.454 e. The van der Waals surface area contributed by atoms with Crippen LogP contribution in [0.25, 0.3) is 0 Å². The molecule has 0 spiro atoms.